The lowest BCUT2D eigenvalue weighted by molar-refractivity contribution is -0.119. The summed E-state index contributed by atoms with van der Waals surface area (Å²) in [6.07, 6.45) is 2.12. The van der Waals surface area contributed by atoms with Crippen LogP contribution in [0.4, 0.5) is 11.5 Å². The third-order valence-corrected chi connectivity index (χ3v) is 5.87. The number of aryl methyl sites for hydroxylation is 1. The van der Waals surface area contributed by atoms with Crippen LogP contribution in [-0.2, 0) is 17.9 Å². The van der Waals surface area contributed by atoms with Crippen LogP contribution in [0.3, 0.4) is 0 Å². The molecule has 0 unspecified atom stereocenters. The smallest absolute Gasteiger partial charge is 0.330 e. The first-order chi connectivity index (χ1) is 16.8. The van der Waals surface area contributed by atoms with Crippen LogP contribution in [0.2, 0.25) is 5.02 Å². The molecule has 0 radical (unpaired) electrons. The zero-order chi connectivity index (χ0) is 25.4. The third-order valence-electron chi connectivity index (χ3n) is 5.63. The number of rotatable bonds is 11. The summed E-state index contributed by atoms with van der Waals surface area (Å²) >= 11 is 5.99. The number of nitrogens with one attached hydrogen (secondary N) is 1. The molecule has 0 saturated carbocycles. The highest BCUT2D eigenvalue weighted by atomic mass is 35.5. The summed E-state index contributed by atoms with van der Waals surface area (Å²) in [6.45, 7) is 4.71. The van der Waals surface area contributed by atoms with E-state index >= 15 is 0 Å². The van der Waals surface area contributed by atoms with Crippen LogP contribution in [0, 0.1) is 6.92 Å². The van der Waals surface area contributed by atoms with Gasteiger partial charge in [-0.1, -0.05) is 55.3 Å². The number of aromatic amines is 1. The minimum absolute atomic E-state index is 0.00970. The molecule has 1 amide bonds. The van der Waals surface area contributed by atoms with E-state index in [2.05, 4.69) is 4.98 Å². The molecule has 3 rings (SSSR count). The van der Waals surface area contributed by atoms with E-state index in [9.17, 15) is 14.4 Å². The number of amides is 1. The van der Waals surface area contributed by atoms with Gasteiger partial charge in [0, 0.05) is 18.0 Å². The van der Waals surface area contributed by atoms with Crippen molar-refractivity contribution in [3.63, 3.8) is 0 Å². The molecule has 8 nitrogen and oxygen atoms in total. The number of aromatic nitrogens is 2. The highest BCUT2D eigenvalue weighted by Crippen LogP contribution is 2.23. The van der Waals surface area contributed by atoms with E-state index in [0.29, 0.717) is 36.8 Å². The van der Waals surface area contributed by atoms with Crippen molar-refractivity contribution in [3.8, 4) is 5.75 Å². The Labute approximate surface area is 209 Å². The van der Waals surface area contributed by atoms with Gasteiger partial charge in [-0.2, -0.15) is 0 Å². The van der Waals surface area contributed by atoms with Crippen molar-refractivity contribution < 1.29 is 9.53 Å². The predicted molar refractivity (Wildman–Crippen MR) is 139 cm³/mol. The van der Waals surface area contributed by atoms with E-state index in [0.717, 1.165) is 17.5 Å². The van der Waals surface area contributed by atoms with Crippen molar-refractivity contribution in [3.05, 3.63) is 85.5 Å². The molecule has 0 bridgehead atoms. The Balaban J connectivity index is 1.83. The summed E-state index contributed by atoms with van der Waals surface area (Å²) < 4.78 is 7.12. The summed E-state index contributed by atoms with van der Waals surface area (Å²) in [4.78, 5) is 42.2. The zero-order valence-corrected chi connectivity index (χ0v) is 20.8. The first-order valence-corrected chi connectivity index (χ1v) is 12.1. The molecule has 3 N–H and O–H groups in total. The molecule has 35 heavy (non-hydrogen) atoms. The number of ether oxygens (including phenoxy) is 1. The van der Waals surface area contributed by atoms with Crippen LogP contribution >= 0.6 is 11.6 Å². The number of hydrogen-bond acceptors (Lipinski definition) is 5. The molecular weight excluding hydrogens is 468 g/mol. The van der Waals surface area contributed by atoms with E-state index in [4.69, 9.17) is 22.1 Å². The van der Waals surface area contributed by atoms with E-state index < -0.39 is 11.2 Å². The lowest BCUT2D eigenvalue weighted by Crippen LogP contribution is -2.41. The summed E-state index contributed by atoms with van der Waals surface area (Å²) in [5.74, 6) is 0.402. The zero-order valence-electron chi connectivity index (χ0n) is 20.1. The number of nitrogens with two attached hydrogens (primary N) is 1. The van der Waals surface area contributed by atoms with Gasteiger partial charge in [0.15, 0.2) is 5.69 Å². The fourth-order valence-corrected chi connectivity index (χ4v) is 3.98. The number of hydrogen-bond donors (Lipinski definition) is 2. The normalized spacial score (nSPS) is 10.8. The summed E-state index contributed by atoms with van der Waals surface area (Å²) in [5, 5.41) is 0.629. The Hall–Kier alpha value is -3.52. The molecule has 186 valence electrons. The van der Waals surface area contributed by atoms with Gasteiger partial charge < -0.3 is 15.4 Å². The second kappa shape index (κ2) is 12.3. The first kappa shape index (κ1) is 26.1. The van der Waals surface area contributed by atoms with Crippen molar-refractivity contribution in [2.75, 3.05) is 17.2 Å². The number of nitrogen functional groups attached to an aromatic ring is 1. The molecule has 0 aliphatic carbocycles. The Kier molecular flexibility index (Phi) is 9.14. The molecule has 2 aromatic carbocycles. The van der Waals surface area contributed by atoms with Gasteiger partial charge in [-0.3, -0.25) is 19.1 Å². The topological polar surface area (TPSA) is 110 Å². The second-order valence-corrected chi connectivity index (χ2v) is 8.76. The van der Waals surface area contributed by atoms with Gasteiger partial charge in [-0.15, -0.1) is 0 Å². The number of unbranched alkanes of at least 4 members (excludes halogenated alkanes) is 1. The van der Waals surface area contributed by atoms with Gasteiger partial charge in [-0.25, -0.2) is 4.79 Å². The number of H-pyrrole nitrogens is 1. The molecule has 0 aliphatic rings. The van der Waals surface area contributed by atoms with E-state index in [-0.39, 0.29) is 30.4 Å². The highest BCUT2D eigenvalue weighted by molar-refractivity contribution is 6.30. The minimum Gasteiger partial charge on any atom is -0.493 e. The van der Waals surface area contributed by atoms with Gasteiger partial charge in [-0.05, 0) is 49.1 Å². The van der Waals surface area contributed by atoms with Crippen LogP contribution < -0.4 is 26.6 Å². The molecule has 9 heteroatoms. The summed E-state index contributed by atoms with van der Waals surface area (Å²) in [5.41, 5.74) is 6.76. The maximum Gasteiger partial charge on any atom is 0.330 e. The maximum atomic E-state index is 13.3. The lowest BCUT2D eigenvalue weighted by Gasteiger charge is -2.25. The Morgan fingerprint density at radius 3 is 2.57 bits per heavy atom. The lowest BCUT2D eigenvalue weighted by atomic mass is 10.2. The van der Waals surface area contributed by atoms with Gasteiger partial charge in [0.1, 0.15) is 11.6 Å². The monoisotopic (exact) mass is 498 g/mol. The number of halogens is 1. The number of nitrogens with zero attached hydrogens (tertiary/aromatic N) is 2. The Morgan fingerprint density at radius 1 is 1.14 bits per heavy atom. The highest BCUT2D eigenvalue weighted by Gasteiger charge is 2.24. The molecule has 0 saturated heterocycles. The van der Waals surface area contributed by atoms with Crippen molar-refractivity contribution in [1.29, 1.82) is 0 Å². The SMILES string of the molecule is CCCCn1c(N)c(N(Cc2ccccc2)C(=O)CCCOc2ccc(Cl)cc2C)c(=O)[nH]c1=O. The van der Waals surface area contributed by atoms with E-state index in [1.54, 1.807) is 12.1 Å². The number of carbonyl (C=O) groups is 1. The van der Waals surface area contributed by atoms with Gasteiger partial charge in [0.2, 0.25) is 5.91 Å². The average molecular weight is 499 g/mol. The fraction of sp³-hybridized carbons (Fsp3) is 0.346. The molecule has 0 spiro atoms. The Morgan fingerprint density at radius 2 is 1.89 bits per heavy atom. The van der Waals surface area contributed by atoms with Crippen LogP contribution in [-0.4, -0.2) is 22.1 Å². The summed E-state index contributed by atoms with van der Waals surface area (Å²) in [7, 11) is 0. The Bertz CT molecular complexity index is 1270. The van der Waals surface area contributed by atoms with Crippen LogP contribution in [0.15, 0.2) is 58.1 Å². The second-order valence-electron chi connectivity index (χ2n) is 8.33. The predicted octanol–water partition coefficient (Wildman–Crippen LogP) is 4.27. The maximum absolute atomic E-state index is 13.3. The average Bonchev–Trinajstić information content (AvgIpc) is 2.82. The van der Waals surface area contributed by atoms with E-state index in [1.807, 2.05) is 50.2 Å². The quantitative estimate of drug-likeness (QED) is 0.383. The molecule has 0 aliphatic heterocycles. The fourth-order valence-electron chi connectivity index (χ4n) is 3.75. The molecule has 0 atom stereocenters. The van der Waals surface area contributed by atoms with Gasteiger partial charge in [0.05, 0.1) is 13.2 Å². The standard InChI is InChI=1S/C26H31ClN4O4/c1-3-4-14-30-24(28)23(25(33)29-26(30)34)31(17-19-9-6-5-7-10-19)22(32)11-8-15-35-21-13-12-20(27)16-18(21)2/h5-7,9-10,12-13,16H,3-4,8,11,14-15,17,28H2,1-2H3,(H,29,33,34). The number of anilines is 2. The van der Waals surface area contributed by atoms with Crippen LogP contribution in [0.5, 0.6) is 5.75 Å². The number of benzene rings is 2. The minimum atomic E-state index is -0.683. The number of carbonyl (C=O) groups excluding carboxylic acids is 1. The van der Waals surface area contributed by atoms with Crippen LogP contribution in [0.1, 0.15) is 43.7 Å². The molecule has 1 aromatic heterocycles. The van der Waals surface area contributed by atoms with Gasteiger partial charge >= 0.3 is 5.69 Å². The van der Waals surface area contributed by atoms with Crippen molar-refractivity contribution in [1.82, 2.24) is 9.55 Å². The summed E-state index contributed by atoms with van der Waals surface area (Å²) in [6, 6.07) is 14.7. The van der Waals surface area contributed by atoms with Crippen molar-refractivity contribution in [2.45, 2.75) is 52.6 Å². The van der Waals surface area contributed by atoms with Gasteiger partial charge in [0.25, 0.3) is 5.56 Å². The molecular formula is C26H31ClN4O4. The molecule has 0 fully saturated rings. The van der Waals surface area contributed by atoms with Crippen molar-refractivity contribution >= 4 is 29.0 Å². The van der Waals surface area contributed by atoms with Crippen LogP contribution in [0.25, 0.3) is 0 Å². The molecule has 1 heterocycles. The largest absolute Gasteiger partial charge is 0.493 e. The van der Waals surface area contributed by atoms with E-state index in [1.165, 1.54) is 9.47 Å². The first-order valence-electron chi connectivity index (χ1n) is 11.7. The molecule has 3 aromatic rings. The third kappa shape index (κ3) is 6.76. The van der Waals surface area contributed by atoms with Crippen molar-refractivity contribution in [2.24, 2.45) is 0 Å².